The van der Waals surface area contributed by atoms with Crippen molar-refractivity contribution in [3.63, 3.8) is 0 Å². The van der Waals surface area contributed by atoms with Crippen molar-refractivity contribution >= 4 is 17.7 Å². The van der Waals surface area contributed by atoms with Crippen LogP contribution in [0.4, 0.5) is 0 Å². The SMILES string of the molecule is Cc1cccnc1Sc1ccc(CC(=O)O)cc1. The Labute approximate surface area is 110 Å². The van der Waals surface area contributed by atoms with E-state index in [1.54, 1.807) is 18.0 Å². The molecule has 0 spiro atoms. The van der Waals surface area contributed by atoms with E-state index in [0.29, 0.717) is 0 Å². The van der Waals surface area contributed by atoms with E-state index in [2.05, 4.69) is 4.98 Å². The number of hydrogen-bond acceptors (Lipinski definition) is 3. The number of benzene rings is 1. The summed E-state index contributed by atoms with van der Waals surface area (Å²) in [7, 11) is 0. The first-order valence-corrected chi connectivity index (χ1v) is 6.37. The number of nitrogens with zero attached hydrogens (tertiary/aromatic N) is 1. The van der Waals surface area contributed by atoms with E-state index in [9.17, 15) is 4.79 Å². The average Bonchev–Trinajstić information content (AvgIpc) is 2.34. The highest BCUT2D eigenvalue weighted by atomic mass is 32.2. The molecule has 3 nitrogen and oxygen atoms in total. The van der Waals surface area contributed by atoms with Gasteiger partial charge in [-0.2, -0.15) is 0 Å². The number of rotatable bonds is 4. The fourth-order valence-electron chi connectivity index (χ4n) is 1.54. The highest BCUT2D eigenvalue weighted by Gasteiger charge is 2.03. The maximum Gasteiger partial charge on any atom is 0.307 e. The van der Waals surface area contributed by atoms with Crippen LogP contribution in [0.3, 0.4) is 0 Å². The van der Waals surface area contributed by atoms with Gasteiger partial charge in [0.15, 0.2) is 0 Å². The third kappa shape index (κ3) is 3.34. The summed E-state index contributed by atoms with van der Waals surface area (Å²) in [5.41, 5.74) is 1.95. The van der Waals surface area contributed by atoms with Crippen LogP contribution >= 0.6 is 11.8 Å². The zero-order chi connectivity index (χ0) is 13.0. The first kappa shape index (κ1) is 12.6. The lowest BCUT2D eigenvalue weighted by Gasteiger charge is -2.04. The number of carboxylic acids is 1. The van der Waals surface area contributed by atoms with Crippen molar-refractivity contribution < 1.29 is 9.90 Å². The van der Waals surface area contributed by atoms with Crippen molar-refractivity contribution in [1.82, 2.24) is 4.98 Å². The van der Waals surface area contributed by atoms with Crippen molar-refractivity contribution in [1.29, 1.82) is 0 Å². The van der Waals surface area contributed by atoms with Gasteiger partial charge >= 0.3 is 5.97 Å². The summed E-state index contributed by atoms with van der Waals surface area (Å²) in [4.78, 5) is 15.9. The van der Waals surface area contributed by atoms with Crippen molar-refractivity contribution in [3.05, 3.63) is 53.7 Å². The Bertz CT molecular complexity index is 552. The second-order valence-corrected chi connectivity index (χ2v) is 5.00. The number of aryl methyl sites for hydroxylation is 1. The largest absolute Gasteiger partial charge is 0.481 e. The number of pyridine rings is 1. The summed E-state index contributed by atoms with van der Waals surface area (Å²) in [5.74, 6) is -0.809. The molecule has 2 aromatic rings. The molecule has 0 unspecified atom stereocenters. The molecule has 0 aliphatic carbocycles. The van der Waals surface area contributed by atoms with Crippen LogP contribution in [0.25, 0.3) is 0 Å². The Morgan fingerprint density at radius 1 is 1.28 bits per heavy atom. The Morgan fingerprint density at radius 3 is 2.61 bits per heavy atom. The highest BCUT2D eigenvalue weighted by Crippen LogP contribution is 2.28. The summed E-state index contributed by atoms with van der Waals surface area (Å²) >= 11 is 1.58. The number of hydrogen-bond donors (Lipinski definition) is 1. The van der Waals surface area contributed by atoms with E-state index < -0.39 is 5.97 Å². The summed E-state index contributed by atoms with van der Waals surface area (Å²) in [6, 6.07) is 11.5. The maximum atomic E-state index is 10.6. The quantitative estimate of drug-likeness (QED) is 0.916. The van der Waals surface area contributed by atoms with Gasteiger partial charge in [0.1, 0.15) is 5.03 Å². The first-order chi connectivity index (χ1) is 8.65. The summed E-state index contributed by atoms with van der Waals surface area (Å²) in [6.45, 7) is 2.02. The van der Waals surface area contributed by atoms with Crippen molar-refractivity contribution in [3.8, 4) is 0 Å². The smallest absolute Gasteiger partial charge is 0.307 e. The number of carbonyl (C=O) groups is 1. The van der Waals surface area contributed by atoms with Gasteiger partial charge in [-0.3, -0.25) is 4.79 Å². The van der Waals surface area contributed by atoms with Crippen LogP contribution in [0.5, 0.6) is 0 Å². The third-order valence-corrected chi connectivity index (χ3v) is 3.58. The van der Waals surface area contributed by atoms with E-state index in [-0.39, 0.29) is 6.42 Å². The molecule has 0 fully saturated rings. The normalized spacial score (nSPS) is 10.3. The molecule has 0 aliphatic rings. The van der Waals surface area contributed by atoms with Gasteiger partial charge in [-0.05, 0) is 36.2 Å². The molecule has 1 aromatic carbocycles. The van der Waals surface area contributed by atoms with E-state index >= 15 is 0 Å². The Balaban J connectivity index is 2.11. The fourth-order valence-corrected chi connectivity index (χ4v) is 2.38. The number of aliphatic carboxylic acids is 1. The van der Waals surface area contributed by atoms with E-state index in [4.69, 9.17) is 5.11 Å². The van der Waals surface area contributed by atoms with E-state index in [1.165, 1.54) is 0 Å². The zero-order valence-corrected chi connectivity index (χ0v) is 10.8. The topological polar surface area (TPSA) is 50.2 Å². The maximum absolute atomic E-state index is 10.6. The molecule has 0 aliphatic heterocycles. The van der Waals surface area contributed by atoms with Crippen LogP contribution in [-0.4, -0.2) is 16.1 Å². The Kier molecular flexibility index (Phi) is 3.99. The minimum absolute atomic E-state index is 0.0631. The molecular formula is C14H13NO2S. The first-order valence-electron chi connectivity index (χ1n) is 5.55. The Morgan fingerprint density at radius 2 is 2.00 bits per heavy atom. The van der Waals surface area contributed by atoms with Gasteiger partial charge in [-0.15, -0.1) is 0 Å². The van der Waals surface area contributed by atoms with Gasteiger partial charge in [0, 0.05) is 11.1 Å². The third-order valence-electron chi connectivity index (χ3n) is 2.45. The molecule has 0 saturated heterocycles. The number of carboxylic acid groups (broad SMARTS) is 1. The standard InChI is InChI=1S/C14H13NO2S/c1-10-3-2-8-15-14(10)18-12-6-4-11(5-7-12)9-13(16)17/h2-8H,9H2,1H3,(H,16,17). The molecule has 18 heavy (non-hydrogen) atoms. The minimum atomic E-state index is -0.809. The molecule has 1 aromatic heterocycles. The lowest BCUT2D eigenvalue weighted by molar-refractivity contribution is -0.136. The lowest BCUT2D eigenvalue weighted by atomic mass is 10.2. The highest BCUT2D eigenvalue weighted by molar-refractivity contribution is 7.99. The van der Waals surface area contributed by atoms with Crippen molar-refractivity contribution in [2.75, 3.05) is 0 Å². The van der Waals surface area contributed by atoms with Gasteiger partial charge in [-0.1, -0.05) is 30.0 Å². The zero-order valence-electron chi connectivity index (χ0n) is 9.96. The molecule has 0 atom stereocenters. The second kappa shape index (κ2) is 5.69. The Hall–Kier alpha value is -1.81. The van der Waals surface area contributed by atoms with Gasteiger partial charge < -0.3 is 5.11 Å². The van der Waals surface area contributed by atoms with Crippen LogP contribution in [0.1, 0.15) is 11.1 Å². The van der Waals surface area contributed by atoms with Crippen LogP contribution in [0.15, 0.2) is 52.5 Å². The predicted molar refractivity (Wildman–Crippen MR) is 70.9 cm³/mol. The summed E-state index contributed by atoms with van der Waals surface area (Å²) in [5, 5.41) is 9.67. The van der Waals surface area contributed by atoms with Gasteiger partial charge in [0.25, 0.3) is 0 Å². The molecule has 0 saturated carbocycles. The second-order valence-electron chi connectivity index (χ2n) is 3.94. The van der Waals surface area contributed by atoms with Crippen molar-refractivity contribution in [2.45, 2.75) is 23.3 Å². The molecule has 2 rings (SSSR count). The number of aromatic nitrogens is 1. The molecule has 0 bridgehead atoms. The summed E-state index contributed by atoms with van der Waals surface area (Å²) in [6.07, 6.45) is 1.84. The fraction of sp³-hybridized carbons (Fsp3) is 0.143. The molecule has 92 valence electrons. The molecule has 0 amide bonds. The molecule has 1 N–H and O–H groups in total. The van der Waals surface area contributed by atoms with E-state index in [0.717, 1.165) is 21.0 Å². The van der Waals surface area contributed by atoms with Gasteiger partial charge in [0.05, 0.1) is 6.42 Å². The van der Waals surface area contributed by atoms with Crippen LogP contribution < -0.4 is 0 Å². The molecule has 1 heterocycles. The van der Waals surface area contributed by atoms with Crippen molar-refractivity contribution in [2.24, 2.45) is 0 Å². The minimum Gasteiger partial charge on any atom is -0.481 e. The monoisotopic (exact) mass is 259 g/mol. The van der Waals surface area contributed by atoms with Crippen LogP contribution in [0.2, 0.25) is 0 Å². The van der Waals surface area contributed by atoms with Crippen LogP contribution in [-0.2, 0) is 11.2 Å². The van der Waals surface area contributed by atoms with Gasteiger partial charge in [0.2, 0.25) is 0 Å². The van der Waals surface area contributed by atoms with E-state index in [1.807, 2.05) is 43.3 Å². The lowest BCUT2D eigenvalue weighted by Crippen LogP contribution is -1.99. The molecule has 0 radical (unpaired) electrons. The molecular weight excluding hydrogens is 246 g/mol. The van der Waals surface area contributed by atoms with Crippen LogP contribution in [0, 0.1) is 6.92 Å². The average molecular weight is 259 g/mol. The molecule has 4 heteroatoms. The predicted octanol–water partition coefficient (Wildman–Crippen LogP) is 3.17. The summed E-state index contributed by atoms with van der Waals surface area (Å²) < 4.78 is 0. The van der Waals surface area contributed by atoms with Gasteiger partial charge in [-0.25, -0.2) is 4.98 Å².